The van der Waals surface area contributed by atoms with E-state index in [4.69, 9.17) is 10.5 Å². The summed E-state index contributed by atoms with van der Waals surface area (Å²) in [6, 6.07) is 0. The largest absolute Gasteiger partial charge is 0.370 e. The van der Waals surface area contributed by atoms with Crippen molar-refractivity contribution in [2.24, 2.45) is 11.7 Å². The van der Waals surface area contributed by atoms with Crippen molar-refractivity contribution in [2.45, 2.75) is 89.3 Å². The van der Waals surface area contributed by atoms with Gasteiger partial charge in [0, 0.05) is 6.54 Å². The Morgan fingerprint density at radius 2 is 1.67 bits per heavy atom. The second-order valence-corrected chi connectivity index (χ2v) is 6.41. The molecule has 0 aromatic rings. The van der Waals surface area contributed by atoms with Crippen LogP contribution in [-0.4, -0.2) is 18.2 Å². The Labute approximate surface area is 113 Å². The smallest absolute Gasteiger partial charge is 0.0808 e. The number of hydrogen-bond acceptors (Lipinski definition) is 2. The quantitative estimate of drug-likeness (QED) is 0.768. The number of rotatable bonds is 4. The van der Waals surface area contributed by atoms with Gasteiger partial charge in [0.25, 0.3) is 0 Å². The van der Waals surface area contributed by atoms with E-state index in [0.717, 1.165) is 12.5 Å². The molecule has 2 atom stereocenters. The molecular formula is C16H31NO. The van der Waals surface area contributed by atoms with Gasteiger partial charge in [-0.1, -0.05) is 51.9 Å². The van der Waals surface area contributed by atoms with E-state index in [-0.39, 0.29) is 5.60 Å². The summed E-state index contributed by atoms with van der Waals surface area (Å²) < 4.78 is 6.63. The van der Waals surface area contributed by atoms with Crippen molar-refractivity contribution in [1.82, 2.24) is 0 Å². The normalized spacial score (nSPS) is 33.0. The van der Waals surface area contributed by atoms with Crippen LogP contribution in [0.2, 0.25) is 0 Å². The highest BCUT2D eigenvalue weighted by Gasteiger charge is 2.36. The molecule has 2 unspecified atom stereocenters. The zero-order valence-electron chi connectivity index (χ0n) is 12.1. The molecule has 106 valence electrons. The molecule has 2 aliphatic carbocycles. The van der Waals surface area contributed by atoms with Gasteiger partial charge in [0.1, 0.15) is 0 Å². The second-order valence-electron chi connectivity index (χ2n) is 6.41. The van der Waals surface area contributed by atoms with Gasteiger partial charge in [0.05, 0.1) is 11.7 Å². The fourth-order valence-electron chi connectivity index (χ4n) is 3.86. The van der Waals surface area contributed by atoms with E-state index in [1.807, 2.05) is 0 Å². The lowest BCUT2D eigenvalue weighted by atomic mass is 9.83. The molecule has 0 spiro atoms. The van der Waals surface area contributed by atoms with Gasteiger partial charge < -0.3 is 10.5 Å². The molecule has 0 saturated heterocycles. The maximum absolute atomic E-state index is 6.63. The average Bonchev–Trinajstić information content (AvgIpc) is 2.66. The Bertz CT molecular complexity index is 233. The molecule has 0 aliphatic heterocycles. The Kier molecular flexibility index (Phi) is 5.50. The lowest BCUT2D eigenvalue weighted by Gasteiger charge is -2.40. The molecule has 2 rings (SSSR count). The first-order valence-corrected chi connectivity index (χ1v) is 8.17. The van der Waals surface area contributed by atoms with Gasteiger partial charge in [-0.05, 0) is 31.6 Å². The minimum absolute atomic E-state index is 0.0198. The number of nitrogens with two attached hydrogens (primary N) is 1. The Balaban J connectivity index is 1.98. The van der Waals surface area contributed by atoms with Crippen LogP contribution in [0, 0.1) is 5.92 Å². The van der Waals surface area contributed by atoms with E-state index >= 15 is 0 Å². The molecule has 2 N–H and O–H groups in total. The van der Waals surface area contributed by atoms with E-state index in [1.54, 1.807) is 0 Å². The van der Waals surface area contributed by atoms with Crippen LogP contribution in [0.3, 0.4) is 0 Å². The molecule has 2 heteroatoms. The lowest BCUT2D eigenvalue weighted by Crippen LogP contribution is -2.45. The number of hydrogen-bond donors (Lipinski definition) is 1. The van der Waals surface area contributed by atoms with Crippen LogP contribution in [-0.2, 0) is 4.74 Å². The summed E-state index contributed by atoms with van der Waals surface area (Å²) in [5.41, 5.74) is 6.11. The molecule has 0 heterocycles. The standard InChI is InChI=1S/C16H31NO/c1-2-14-9-5-6-10-15(14)18-16(13-17)11-7-3-4-8-12-16/h14-15H,2-13,17H2,1H3. The molecule has 2 nitrogen and oxygen atoms in total. The lowest BCUT2D eigenvalue weighted by molar-refractivity contribution is -0.129. The predicted octanol–water partition coefficient (Wildman–Crippen LogP) is 4.02. The summed E-state index contributed by atoms with van der Waals surface area (Å²) in [6.07, 6.45) is 14.9. The summed E-state index contributed by atoms with van der Waals surface area (Å²) in [6.45, 7) is 3.04. The maximum Gasteiger partial charge on any atom is 0.0808 e. The topological polar surface area (TPSA) is 35.2 Å². The fraction of sp³-hybridized carbons (Fsp3) is 1.00. The van der Waals surface area contributed by atoms with Crippen LogP contribution in [0.5, 0.6) is 0 Å². The van der Waals surface area contributed by atoms with Crippen LogP contribution >= 0.6 is 0 Å². The molecule has 0 aromatic carbocycles. The third kappa shape index (κ3) is 3.48. The first-order valence-electron chi connectivity index (χ1n) is 8.17. The van der Waals surface area contributed by atoms with Gasteiger partial charge in [-0.25, -0.2) is 0 Å². The Morgan fingerprint density at radius 1 is 1.00 bits per heavy atom. The van der Waals surface area contributed by atoms with Crippen molar-refractivity contribution in [3.8, 4) is 0 Å². The van der Waals surface area contributed by atoms with Gasteiger partial charge in [0.15, 0.2) is 0 Å². The maximum atomic E-state index is 6.63. The highest BCUT2D eigenvalue weighted by Crippen LogP contribution is 2.37. The van der Waals surface area contributed by atoms with E-state index in [9.17, 15) is 0 Å². The first kappa shape index (κ1) is 14.3. The summed E-state index contributed by atoms with van der Waals surface area (Å²) in [7, 11) is 0. The van der Waals surface area contributed by atoms with Crippen LogP contribution in [0.15, 0.2) is 0 Å². The van der Waals surface area contributed by atoms with E-state index in [1.165, 1.54) is 70.6 Å². The van der Waals surface area contributed by atoms with Crippen molar-refractivity contribution in [3.63, 3.8) is 0 Å². The van der Waals surface area contributed by atoms with Crippen LogP contribution in [0.1, 0.15) is 77.6 Å². The van der Waals surface area contributed by atoms with E-state index in [2.05, 4.69) is 6.92 Å². The van der Waals surface area contributed by atoms with Gasteiger partial charge in [-0.2, -0.15) is 0 Å². The van der Waals surface area contributed by atoms with Gasteiger partial charge in [-0.3, -0.25) is 0 Å². The minimum Gasteiger partial charge on any atom is -0.370 e. The second kappa shape index (κ2) is 6.91. The fourth-order valence-corrected chi connectivity index (χ4v) is 3.86. The zero-order valence-corrected chi connectivity index (χ0v) is 12.1. The zero-order chi connectivity index (χ0) is 12.8. The molecule has 2 fully saturated rings. The third-order valence-electron chi connectivity index (χ3n) is 5.15. The van der Waals surface area contributed by atoms with Gasteiger partial charge >= 0.3 is 0 Å². The summed E-state index contributed by atoms with van der Waals surface area (Å²) >= 11 is 0. The molecule has 0 amide bonds. The summed E-state index contributed by atoms with van der Waals surface area (Å²) in [5.74, 6) is 0.783. The molecule has 18 heavy (non-hydrogen) atoms. The van der Waals surface area contributed by atoms with Crippen LogP contribution in [0.4, 0.5) is 0 Å². The van der Waals surface area contributed by atoms with E-state index < -0.39 is 0 Å². The average molecular weight is 253 g/mol. The van der Waals surface area contributed by atoms with Gasteiger partial charge in [-0.15, -0.1) is 0 Å². The monoisotopic (exact) mass is 253 g/mol. The molecule has 2 saturated carbocycles. The molecular weight excluding hydrogens is 222 g/mol. The molecule has 0 bridgehead atoms. The highest BCUT2D eigenvalue weighted by atomic mass is 16.5. The Morgan fingerprint density at radius 3 is 2.28 bits per heavy atom. The summed E-state index contributed by atoms with van der Waals surface area (Å²) in [5, 5.41) is 0. The Hall–Kier alpha value is -0.0800. The predicted molar refractivity (Wildman–Crippen MR) is 76.6 cm³/mol. The van der Waals surface area contributed by atoms with Crippen molar-refractivity contribution < 1.29 is 4.74 Å². The SMILES string of the molecule is CCC1CCCCC1OC1(CN)CCCCCC1. The molecule has 0 radical (unpaired) electrons. The molecule has 2 aliphatic rings. The number of ether oxygens (including phenoxy) is 1. The van der Waals surface area contributed by atoms with E-state index in [0.29, 0.717) is 6.10 Å². The summed E-state index contributed by atoms with van der Waals surface area (Å²) in [4.78, 5) is 0. The molecule has 0 aromatic heterocycles. The van der Waals surface area contributed by atoms with Crippen molar-refractivity contribution in [1.29, 1.82) is 0 Å². The minimum atomic E-state index is 0.0198. The van der Waals surface area contributed by atoms with Crippen molar-refractivity contribution in [3.05, 3.63) is 0 Å². The van der Waals surface area contributed by atoms with Crippen molar-refractivity contribution >= 4 is 0 Å². The third-order valence-corrected chi connectivity index (χ3v) is 5.15. The van der Waals surface area contributed by atoms with Crippen LogP contribution < -0.4 is 5.73 Å². The van der Waals surface area contributed by atoms with Gasteiger partial charge in [0.2, 0.25) is 0 Å². The van der Waals surface area contributed by atoms with Crippen LogP contribution in [0.25, 0.3) is 0 Å². The highest BCUT2D eigenvalue weighted by molar-refractivity contribution is 4.87. The van der Waals surface area contributed by atoms with Crippen molar-refractivity contribution in [2.75, 3.05) is 6.54 Å². The first-order chi connectivity index (χ1) is 8.79.